The van der Waals surface area contributed by atoms with Gasteiger partial charge in [-0.1, -0.05) is 12.1 Å². The van der Waals surface area contributed by atoms with E-state index in [1.54, 1.807) is 36.4 Å². The smallest absolute Gasteiger partial charge is 0.319 e. The van der Waals surface area contributed by atoms with E-state index >= 15 is 0 Å². The van der Waals surface area contributed by atoms with Crippen molar-refractivity contribution < 1.29 is 24.6 Å². The molecule has 0 aromatic heterocycles. The largest absolute Gasteiger partial charge is 0.508 e. The number of nitrogen functional groups attached to an aromatic ring is 1. The molecule has 2 rings (SSSR count). The third-order valence-corrected chi connectivity index (χ3v) is 4.15. The number of carbonyl (C=O) groups is 3. The molecule has 0 aliphatic rings. The summed E-state index contributed by atoms with van der Waals surface area (Å²) in [7, 11) is 0. The Morgan fingerprint density at radius 2 is 1.77 bits per heavy atom. The van der Waals surface area contributed by atoms with Gasteiger partial charge in [0.15, 0.2) is 0 Å². The zero-order valence-electron chi connectivity index (χ0n) is 16.0. The van der Waals surface area contributed by atoms with E-state index in [2.05, 4.69) is 16.0 Å². The van der Waals surface area contributed by atoms with Gasteiger partial charge in [0.05, 0.1) is 12.3 Å². The summed E-state index contributed by atoms with van der Waals surface area (Å²) < 4.78 is 0. The zero-order valence-corrected chi connectivity index (χ0v) is 16.0. The number of phenols is 1. The molecule has 10 heteroatoms. The van der Waals surface area contributed by atoms with Crippen LogP contribution in [0.4, 0.5) is 10.5 Å². The molecule has 30 heavy (non-hydrogen) atoms. The van der Waals surface area contributed by atoms with E-state index in [4.69, 9.17) is 16.2 Å². The van der Waals surface area contributed by atoms with Gasteiger partial charge in [-0.15, -0.1) is 0 Å². The molecule has 0 aliphatic carbocycles. The van der Waals surface area contributed by atoms with Gasteiger partial charge in [-0.05, 0) is 42.0 Å². The summed E-state index contributed by atoms with van der Waals surface area (Å²) in [6.07, 6.45) is -0.233. The number of phenolic OH excluding ortho intramolecular Hbond substituents is 1. The number of aliphatic carboxylic acids is 1. The summed E-state index contributed by atoms with van der Waals surface area (Å²) in [5, 5.41) is 33.5. The highest BCUT2D eigenvalue weighted by molar-refractivity contribution is 5.96. The van der Waals surface area contributed by atoms with Crippen molar-refractivity contribution in [1.29, 1.82) is 5.41 Å². The Labute approximate surface area is 172 Å². The van der Waals surface area contributed by atoms with Crippen molar-refractivity contribution in [2.45, 2.75) is 12.3 Å². The topological polar surface area (TPSA) is 178 Å². The monoisotopic (exact) mass is 413 g/mol. The van der Waals surface area contributed by atoms with Crippen LogP contribution in [-0.4, -0.2) is 47.0 Å². The molecular formula is C20H23N5O5. The second-order valence-corrected chi connectivity index (χ2v) is 6.41. The third-order valence-electron chi connectivity index (χ3n) is 4.15. The Bertz CT molecular complexity index is 929. The lowest BCUT2D eigenvalue weighted by atomic mass is 9.97. The number of carboxylic acids is 1. The second-order valence-electron chi connectivity index (χ2n) is 6.41. The molecule has 0 spiro atoms. The first kappa shape index (κ1) is 22.2. The van der Waals surface area contributed by atoms with Crippen molar-refractivity contribution in [3.63, 3.8) is 0 Å². The van der Waals surface area contributed by atoms with Gasteiger partial charge in [0.25, 0.3) is 0 Å². The molecule has 10 nitrogen and oxygen atoms in total. The van der Waals surface area contributed by atoms with Crippen molar-refractivity contribution in [2.75, 3.05) is 18.4 Å². The van der Waals surface area contributed by atoms with Gasteiger partial charge in [0, 0.05) is 24.3 Å². The van der Waals surface area contributed by atoms with Crippen LogP contribution < -0.4 is 21.7 Å². The van der Waals surface area contributed by atoms with Crippen molar-refractivity contribution >= 4 is 29.4 Å². The molecule has 158 valence electrons. The number of nitrogens with one attached hydrogen (secondary N) is 4. The van der Waals surface area contributed by atoms with Crippen LogP contribution in [0.3, 0.4) is 0 Å². The minimum absolute atomic E-state index is 0.0363. The van der Waals surface area contributed by atoms with Gasteiger partial charge in [0.2, 0.25) is 5.91 Å². The summed E-state index contributed by atoms with van der Waals surface area (Å²) in [5.41, 5.74) is 6.84. The van der Waals surface area contributed by atoms with E-state index in [0.29, 0.717) is 16.8 Å². The fourth-order valence-electron chi connectivity index (χ4n) is 2.62. The average molecular weight is 413 g/mol. The summed E-state index contributed by atoms with van der Waals surface area (Å²) in [4.78, 5) is 35.4. The van der Waals surface area contributed by atoms with Crippen molar-refractivity contribution in [1.82, 2.24) is 10.6 Å². The quantitative estimate of drug-likeness (QED) is 0.240. The lowest BCUT2D eigenvalue weighted by Gasteiger charge is -2.18. The Kier molecular flexibility index (Phi) is 7.74. The number of hydrogen-bond donors (Lipinski definition) is 7. The molecule has 3 amide bonds. The molecule has 0 fully saturated rings. The predicted octanol–water partition coefficient (Wildman–Crippen LogP) is 1.17. The maximum Gasteiger partial charge on any atom is 0.319 e. The molecule has 2 aromatic rings. The first-order chi connectivity index (χ1) is 14.3. The number of amidine groups is 1. The van der Waals surface area contributed by atoms with Gasteiger partial charge in [-0.2, -0.15) is 0 Å². The first-order valence-corrected chi connectivity index (χ1v) is 9.04. The van der Waals surface area contributed by atoms with Crippen LogP contribution in [0.5, 0.6) is 5.75 Å². The first-order valence-electron chi connectivity index (χ1n) is 9.04. The molecule has 0 radical (unpaired) electrons. The number of aromatic hydroxyl groups is 1. The number of hydrogen-bond acceptors (Lipinski definition) is 5. The summed E-state index contributed by atoms with van der Waals surface area (Å²) >= 11 is 0. The SMILES string of the molecule is N=C(N)c1ccc(NC(=O)NCC(C(=O)NCCC(=O)O)c2cccc(O)c2)cc1. The van der Waals surface area contributed by atoms with Gasteiger partial charge >= 0.3 is 12.0 Å². The summed E-state index contributed by atoms with van der Waals surface area (Å²) in [6, 6.07) is 11.8. The molecule has 8 N–H and O–H groups in total. The summed E-state index contributed by atoms with van der Waals surface area (Å²) in [6.45, 7) is -0.141. The molecule has 2 aromatic carbocycles. The maximum atomic E-state index is 12.5. The minimum Gasteiger partial charge on any atom is -0.508 e. The zero-order chi connectivity index (χ0) is 22.1. The van der Waals surface area contributed by atoms with E-state index in [-0.39, 0.29) is 31.1 Å². The second kappa shape index (κ2) is 10.5. The third kappa shape index (κ3) is 6.82. The minimum atomic E-state index is -1.04. The van der Waals surface area contributed by atoms with Crippen LogP contribution in [0, 0.1) is 5.41 Å². The number of urea groups is 1. The molecule has 0 saturated carbocycles. The maximum absolute atomic E-state index is 12.5. The number of benzene rings is 2. The standard InChI is InChI=1S/C20H23N5O5/c21-18(22)12-4-6-14(7-5-12)25-20(30)24-11-16(13-2-1-3-15(26)10-13)19(29)23-9-8-17(27)28/h1-7,10,16,26H,8-9,11H2,(H3,21,22)(H,23,29)(H,27,28)(H2,24,25,30). The van der Waals surface area contributed by atoms with E-state index in [9.17, 15) is 19.5 Å². The number of carboxylic acid groups (broad SMARTS) is 1. The molecule has 0 bridgehead atoms. The van der Waals surface area contributed by atoms with Gasteiger partial charge in [-0.25, -0.2) is 4.79 Å². The normalized spacial score (nSPS) is 11.2. The van der Waals surface area contributed by atoms with Gasteiger partial charge in [-0.3, -0.25) is 15.0 Å². The molecule has 1 atom stereocenters. The molecular weight excluding hydrogens is 390 g/mol. The van der Waals surface area contributed by atoms with E-state index in [0.717, 1.165) is 0 Å². The van der Waals surface area contributed by atoms with E-state index in [1.807, 2.05) is 0 Å². The Morgan fingerprint density at radius 1 is 1.07 bits per heavy atom. The number of anilines is 1. The number of nitrogens with two attached hydrogens (primary N) is 1. The van der Waals surface area contributed by atoms with Crippen LogP contribution >= 0.6 is 0 Å². The highest BCUT2D eigenvalue weighted by Crippen LogP contribution is 2.20. The lowest BCUT2D eigenvalue weighted by Crippen LogP contribution is -2.39. The van der Waals surface area contributed by atoms with Gasteiger partial charge in [0.1, 0.15) is 11.6 Å². The van der Waals surface area contributed by atoms with Crippen LogP contribution in [0.2, 0.25) is 0 Å². The highest BCUT2D eigenvalue weighted by atomic mass is 16.4. The number of carbonyl (C=O) groups excluding carboxylic acids is 2. The van der Waals surface area contributed by atoms with E-state index < -0.39 is 23.8 Å². The Hall–Kier alpha value is -4.08. The number of rotatable bonds is 9. The van der Waals surface area contributed by atoms with Crippen molar-refractivity contribution in [3.05, 3.63) is 59.7 Å². The van der Waals surface area contributed by atoms with Gasteiger partial charge < -0.3 is 31.9 Å². The fourth-order valence-corrected chi connectivity index (χ4v) is 2.62. The highest BCUT2D eigenvalue weighted by Gasteiger charge is 2.22. The van der Waals surface area contributed by atoms with Crippen LogP contribution in [0.25, 0.3) is 0 Å². The van der Waals surface area contributed by atoms with Crippen LogP contribution in [0.15, 0.2) is 48.5 Å². The molecule has 0 heterocycles. The molecule has 0 aliphatic heterocycles. The number of amides is 3. The lowest BCUT2D eigenvalue weighted by molar-refractivity contribution is -0.136. The van der Waals surface area contributed by atoms with E-state index in [1.165, 1.54) is 12.1 Å². The fraction of sp³-hybridized carbons (Fsp3) is 0.200. The molecule has 1 unspecified atom stereocenters. The predicted molar refractivity (Wildman–Crippen MR) is 111 cm³/mol. The Balaban J connectivity index is 2.02. The van der Waals surface area contributed by atoms with Crippen LogP contribution in [-0.2, 0) is 9.59 Å². The molecule has 0 saturated heterocycles. The average Bonchev–Trinajstić information content (AvgIpc) is 2.68. The Morgan fingerprint density at radius 3 is 2.37 bits per heavy atom. The van der Waals surface area contributed by atoms with Crippen LogP contribution in [0.1, 0.15) is 23.5 Å². The summed E-state index contributed by atoms with van der Waals surface area (Å²) in [5.74, 6) is -2.48. The van der Waals surface area contributed by atoms with Crippen molar-refractivity contribution in [2.24, 2.45) is 5.73 Å². The van der Waals surface area contributed by atoms with Crippen molar-refractivity contribution in [3.8, 4) is 5.75 Å².